The second kappa shape index (κ2) is 7.25. The molecule has 0 radical (unpaired) electrons. The summed E-state index contributed by atoms with van der Waals surface area (Å²) in [5.74, 6) is 0.461. The molecule has 0 aromatic rings. The third-order valence-electron chi connectivity index (χ3n) is 4.87. The van der Waals surface area contributed by atoms with Crippen LogP contribution >= 0.6 is 0 Å². The Hall–Kier alpha value is -1.10. The van der Waals surface area contributed by atoms with Crippen LogP contribution in [0.3, 0.4) is 0 Å². The summed E-state index contributed by atoms with van der Waals surface area (Å²) in [7, 11) is 3.87. The third-order valence-corrected chi connectivity index (χ3v) is 4.87. The SMILES string of the molecule is CN(C)CCN(CC(=O)O)C(=O)C1CC1C1CCCCC1. The zero-order chi connectivity index (χ0) is 15.4. The molecule has 1 amide bonds. The number of carbonyl (C=O) groups excluding carboxylic acids is 1. The Morgan fingerprint density at radius 3 is 2.33 bits per heavy atom. The van der Waals surface area contributed by atoms with Crippen LogP contribution in [0.2, 0.25) is 0 Å². The number of carboxylic acid groups (broad SMARTS) is 1. The number of carboxylic acids is 1. The number of amides is 1. The molecule has 5 nitrogen and oxygen atoms in total. The molecule has 2 aliphatic rings. The lowest BCUT2D eigenvalue weighted by molar-refractivity contribution is -0.145. The number of carbonyl (C=O) groups is 2. The molecule has 2 atom stereocenters. The van der Waals surface area contributed by atoms with Crippen LogP contribution in [0.25, 0.3) is 0 Å². The van der Waals surface area contributed by atoms with Crippen LogP contribution in [-0.2, 0) is 9.59 Å². The smallest absolute Gasteiger partial charge is 0.323 e. The highest BCUT2D eigenvalue weighted by Gasteiger charge is 2.48. The van der Waals surface area contributed by atoms with Crippen molar-refractivity contribution < 1.29 is 14.7 Å². The Kier molecular flexibility index (Phi) is 5.62. The summed E-state index contributed by atoms with van der Waals surface area (Å²) >= 11 is 0. The highest BCUT2D eigenvalue weighted by molar-refractivity contribution is 5.85. The van der Waals surface area contributed by atoms with Crippen molar-refractivity contribution in [1.29, 1.82) is 0 Å². The van der Waals surface area contributed by atoms with E-state index in [-0.39, 0.29) is 18.4 Å². The first-order valence-electron chi connectivity index (χ1n) is 8.14. The Labute approximate surface area is 127 Å². The van der Waals surface area contributed by atoms with Crippen LogP contribution in [0.5, 0.6) is 0 Å². The molecule has 0 spiro atoms. The molecular weight excluding hydrogens is 268 g/mol. The molecule has 2 fully saturated rings. The molecule has 0 aliphatic heterocycles. The predicted molar refractivity (Wildman–Crippen MR) is 80.9 cm³/mol. The van der Waals surface area contributed by atoms with Gasteiger partial charge < -0.3 is 14.9 Å². The standard InChI is InChI=1S/C16H28N2O3/c1-17(2)8-9-18(11-15(19)20)16(21)14-10-13(14)12-6-4-3-5-7-12/h12-14H,3-11H2,1-2H3,(H,19,20). The van der Waals surface area contributed by atoms with Gasteiger partial charge in [0.05, 0.1) is 0 Å². The molecule has 0 aromatic carbocycles. The van der Waals surface area contributed by atoms with Crippen molar-refractivity contribution in [3.63, 3.8) is 0 Å². The molecule has 21 heavy (non-hydrogen) atoms. The maximum Gasteiger partial charge on any atom is 0.323 e. The Balaban J connectivity index is 1.87. The lowest BCUT2D eigenvalue weighted by Crippen LogP contribution is -2.41. The average Bonchev–Trinajstić information content (AvgIpc) is 3.23. The molecule has 2 rings (SSSR count). The van der Waals surface area contributed by atoms with Crippen LogP contribution in [0.1, 0.15) is 38.5 Å². The summed E-state index contributed by atoms with van der Waals surface area (Å²) < 4.78 is 0. The fourth-order valence-corrected chi connectivity index (χ4v) is 3.57. The van der Waals surface area contributed by atoms with E-state index in [1.54, 1.807) is 0 Å². The highest BCUT2D eigenvalue weighted by Crippen LogP contribution is 2.50. The summed E-state index contributed by atoms with van der Waals surface area (Å²) in [5.41, 5.74) is 0. The molecule has 120 valence electrons. The normalized spacial score (nSPS) is 25.9. The average molecular weight is 296 g/mol. The second-order valence-electron chi connectivity index (χ2n) is 6.86. The summed E-state index contributed by atoms with van der Waals surface area (Å²) in [5, 5.41) is 9.01. The van der Waals surface area contributed by atoms with Gasteiger partial charge in [-0.05, 0) is 32.4 Å². The Morgan fingerprint density at radius 2 is 1.76 bits per heavy atom. The first-order valence-corrected chi connectivity index (χ1v) is 8.14. The minimum Gasteiger partial charge on any atom is -0.480 e. The molecule has 5 heteroatoms. The largest absolute Gasteiger partial charge is 0.480 e. The van der Waals surface area contributed by atoms with Gasteiger partial charge in [-0.15, -0.1) is 0 Å². The molecule has 2 saturated carbocycles. The molecule has 1 N–H and O–H groups in total. The van der Waals surface area contributed by atoms with Gasteiger partial charge in [0.2, 0.25) is 5.91 Å². The van der Waals surface area contributed by atoms with Crippen LogP contribution in [0, 0.1) is 17.8 Å². The lowest BCUT2D eigenvalue weighted by Gasteiger charge is -2.25. The van der Waals surface area contributed by atoms with Crippen molar-refractivity contribution >= 4 is 11.9 Å². The maximum atomic E-state index is 12.6. The number of hydrogen-bond donors (Lipinski definition) is 1. The number of likely N-dealkylation sites (N-methyl/N-ethyl adjacent to an activating group) is 1. The van der Waals surface area contributed by atoms with E-state index >= 15 is 0 Å². The van der Waals surface area contributed by atoms with E-state index in [4.69, 9.17) is 5.11 Å². The number of rotatable bonds is 7. The van der Waals surface area contributed by atoms with E-state index in [0.29, 0.717) is 24.9 Å². The Bertz CT molecular complexity index is 378. The number of nitrogens with zero attached hydrogens (tertiary/aromatic N) is 2. The second-order valence-corrected chi connectivity index (χ2v) is 6.86. The minimum absolute atomic E-state index is 0.0647. The first kappa shape index (κ1) is 16.3. The van der Waals surface area contributed by atoms with Crippen LogP contribution < -0.4 is 0 Å². The van der Waals surface area contributed by atoms with Crippen molar-refractivity contribution in [3.05, 3.63) is 0 Å². The van der Waals surface area contributed by atoms with Crippen LogP contribution in [0.4, 0.5) is 0 Å². The van der Waals surface area contributed by atoms with Crippen molar-refractivity contribution in [1.82, 2.24) is 9.80 Å². The monoisotopic (exact) mass is 296 g/mol. The quantitative estimate of drug-likeness (QED) is 0.776. The fraction of sp³-hybridized carbons (Fsp3) is 0.875. The van der Waals surface area contributed by atoms with Gasteiger partial charge in [-0.1, -0.05) is 32.1 Å². The molecule has 0 heterocycles. The zero-order valence-corrected chi connectivity index (χ0v) is 13.3. The first-order chi connectivity index (χ1) is 9.99. The summed E-state index contributed by atoms with van der Waals surface area (Å²) in [6.45, 7) is 1.05. The van der Waals surface area contributed by atoms with Crippen molar-refractivity contribution in [2.45, 2.75) is 38.5 Å². The summed E-state index contributed by atoms with van der Waals surface area (Å²) in [6, 6.07) is 0. The number of aliphatic carboxylic acids is 1. The Morgan fingerprint density at radius 1 is 1.10 bits per heavy atom. The highest BCUT2D eigenvalue weighted by atomic mass is 16.4. The zero-order valence-electron chi connectivity index (χ0n) is 13.3. The maximum absolute atomic E-state index is 12.6. The summed E-state index contributed by atoms with van der Waals surface area (Å²) in [4.78, 5) is 27.0. The fourth-order valence-electron chi connectivity index (χ4n) is 3.57. The topological polar surface area (TPSA) is 60.9 Å². The van der Waals surface area contributed by atoms with E-state index in [0.717, 1.165) is 6.42 Å². The van der Waals surface area contributed by atoms with Gasteiger partial charge in [-0.3, -0.25) is 9.59 Å². The van der Waals surface area contributed by atoms with Gasteiger partial charge in [-0.25, -0.2) is 0 Å². The minimum atomic E-state index is -0.919. The van der Waals surface area contributed by atoms with Crippen molar-refractivity contribution in [2.24, 2.45) is 17.8 Å². The molecule has 2 aliphatic carbocycles. The van der Waals surface area contributed by atoms with E-state index in [2.05, 4.69) is 0 Å². The summed E-state index contributed by atoms with van der Waals surface area (Å²) in [6.07, 6.45) is 7.40. The van der Waals surface area contributed by atoms with Gasteiger partial charge in [-0.2, -0.15) is 0 Å². The van der Waals surface area contributed by atoms with Crippen molar-refractivity contribution in [2.75, 3.05) is 33.7 Å². The molecular formula is C16H28N2O3. The van der Waals surface area contributed by atoms with Crippen LogP contribution in [-0.4, -0.2) is 60.5 Å². The van der Waals surface area contributed by atoms with E-state index < -0.39 is 5.97 Å². The molecule has 0 saturated heterocycles. The van der Waals surface area contributed by atoms with Gasteiger partial charge in [0.25, 0.3) is 0 Å². The lowest BCUT2D eigenvalue weighted by atomic mass is 9.85. The van der Waals surface area contributed by atoms with Gasteiger partial charge in [0, 0.05) is 19.0 Å². The van der Waals surface area contributed by atoms with Gasteiger partial charge in [0.1, 0.15) is 6.54 Å². The van der Waals surface area contributed by atoms with Crippen LogP contribution in [0.15, 0.2) is 0 Å². The third kappa shape index (κ3) is 4.70. The van der Waals surface area contributed by atoms with Gasteiger partial charge in [0.15, 0.2) is 0 Å². The molecule has 2 unspecified atom stereocenters. The van der Waals surface area contributed by atoms with E-state index in [9.17, 15) is 9.59 Å². The van der Waals surface area contributed by atoms with Gasteiger partial charge >= 0.3 is 5.97 Å². The van der Waals surface area contributed by atoms with E-state index in [1.165, 1.54) is 37.0 Å². The predicted octanol–water partition coefficient (Wildman–Crippen LogP) is 1.68. The molecule has 0 aromatic heterocycles. The van der Waals surface area contributed by atoms with Crippen molar-refractivity contribution in [3.8, 4) is 0 Å². The molecule has 0 bridgehead atoms. The van der Waals surface area contributed by atoms with E-state index in [1.807, 2.05) is 19.0 Å². The number of hydrogen-bond acceptors (Lipinski definition) is 3.